The summed E-state index contributed by atoms with van der Waals surface area (Å²) in [6, 6.07) is 8.22. The highest BCUT2D eigenvalue weighted by atomic mass is 32.1. The van der Waals surface area contributed by atoms with Gasteiger partial charge in [-0.2, -0.15) is 12.6 Å². The molecule has 0 aliphatic carbocycles. The van der Waals surface area contributed by atoms with E-state index in [1.807, 2.05) is 6.92 Å². The van der Waals surface area contributed by atoms with Gasteiger partial charge in [0.25, 0.3) is 0 Å². The molecule has 55 heavy (non-hydrogen) atoms. The van der Waals surface area contributed by atoms with Crippen LogP contribution in [0.3, 0.4) is 0 Å². The number of carbonyl (C=O) groups is 6. The van der Waals surface area contributed by atoms with Crippen molar-refractivity contribution in [3.63, 3.8) is 0 Å². The predicted octanol–water partition coefficient (Wildman–Crippen LogP) is 0.461. The Kier molecular flexibility index (Phi) is 15.6. The maximum absolute atomic E-state index is 14.3. The molecule has 0 radical (unpaired) electrons. The number of carboxylic acids is 1. The zero-order chi connectivity index (χ0) is 40.1. The molecule has 1 saturated heterocycles. The van der Waals surface area contributed by atoms with Gasteiger partial charge in [-0.25, -0.2) is 9.78 Å². The molecule has 5 amide bonds. The molecule has 16 nitrogen and oxygen atoms in total. The summed E-state index contributed by atoms with van der Waals surface area (Å²) in [7, 11) is 0. The van der Waals surface area contributed by atoms with Crippen LogP contribution in [0.4, 0.5) is 0 Å². The molecular weight excluding hydrogens is 729 g/mol. The number of nitrogens with one attached hydrogen (secondary N) is 5. The number of carboxylic acid groups (broad SMARTS) is 1. The second-order valence-electron chi connectivity index (χ2n) is 13.7. The van der Waals surface area contributed by atoms with E-state index >= 15 is 0 Å². The maximum atomic E-state index is 14.3. The zero-order valence-corrected chi connectivity index (χ0v) is 31.7. The lowest BCUT2D eigenvalue weighted by atomic mass is 9.96. The second-order valence-corrected chi connectivity index (χ2v) is 14.1. The number of phenols is 1. The number of aromatic hydroxyl groups is 1. The van der Waals surface area contributed by atoms with Gasteiger partial charge in [0.2, 0.25) is 29.5 Å². The van der Waals surface area contributed by atoms with E-state index in [9.17, 15) is 39.0 Å². The number of nitrogens with zero attached hydrogens (tertiary/aromatic N) is 2. The summed E-state index contributed by atoms with van der Waals surface area (Å²) in [5.41, 5.74) is 7.73. The van der Waals surface area contributed by atoms with Crippen molar-refractivity contribution < 1.29 is 39.0 Å². The van der Waals surface area contributed by atoms with E-state index in [1.165, 1.54) is 29.6 Å². The van der Waals surface area contributed by atoms with Gasteiger partial charge in [0, 0.05) is 43.5 Å². The highest BCUT2D eigenvalue weighted by molar-refractivity contribution is 7.80. The van der Waals surface area contributed by atoms with Crippen LogP contribution < -0.4 is 27.0 Å². The first-order valence-corrected chi connectivity index (χ1v) is 18.8. The SMILES string of the molecule is CC[C@H](C)[C@H](NC(=O)[C@H](Cc1ccc(O)cc1)NC(=O)[C@@H](N)CS)C(=O)N[C@@H](Cc1cnc[nH]1)C(=O)N1CCC[C@H]1C(=O)N[C@@H](Cc1ccccc1)C(=O)O. The molecule has 7 atom stereocenters. The Labute approximate surface area is 324 Å². The number of carbonyl (C=O) groups excluding carboxylic acids is 5. The number of hydrogen-bond donors (Lipinski definition) is 9. The van der Waals surface area contributed by atoms with Gasteiger partial charge in [-0.05, 0) is 42.0 Å². The number of likely N-dealkylation sites (tertiary alicyclic amines) is 1. The van der Waals surface area contributed by atoms with Crippen molar-refractivity contribution in [3.8, 4) is 5.75 Å². The number of rotatable bonds is 19. The number of aromatic nitrogens is 2. The van der Waals surface area contributed by atoms with Crippen molar-refractivity contribution in [2.24, 2.45) is 11.7 Å². The summed E-state index contributed by atoms with van der Waals surface area (Å²) in [4.78, 5) is 89.0. The smallest absolute Gasteiger partial charge is 0.326 e. The minimum atomic E-state index is -1.23. The van der Waals surface area contributed by atoms with Crippen LogP contribution in [0.5, 0.6) is 5.75 Å². The van der Waals surface area contributed by atoms with Crippen LogP contribution in [-0.4, -0.2) is 109 Å². The second kappa shape index (κ2) is 20.3. The Morgan fingerprint density at radius 2 is 1.55 bits per heavy atom. The quantitative estimate of drug-likeness (QED) is 0.0761. The lowest BCUT2D eigenvalue weighted by Gasteiger charge is -2.31. The Morgan fingerprint density at radius 1 is 0.891 bits per heavy atom. The molecule has 0 bridgehead atoms. The lowest BCUT2D eigenvalue weighted by Crippen LogP contribution is -2.61. The van der Waals surface area contributed by atoms with Gasteiger partial charge in [-0.15, -0.1) is 0 Å². The summed E-state index contributed by atoms with van der Waals surface area (Å²) in [5, 5.41) is 30.4. The van der Waals surface area contributed by atoms with E-state index in [1.54, 1.807) is 49.4 Å². The van der Waals surface area contributed by atoms with Gasteiger partial charge in [0.15, 0.2) is 0 Å². The number of nitrogens with two attached hydrogens (primary N) is 1. The minimum absolute atomic E-state index is 0.0133. The molecule has 3 aromatic rings. The average Bonchev–Trinajstić information content (AvgIpc) is 3.89. The topological polar surface area (TPSA) is 249 Å². The van der Waals surface area contributed by atoms with E-state index in [2.05, 4.69) is 43.9 Å². The third kappa shape index (κ3) is 12.0. The molecule has 296 valence electrons. The van der Waals surface area contributed by atoms with E-state index in [-0.39, 0.29) is 43.7 Å². The molecule has 4 rings (SSSR count). The molecule has 9 N–H and O–H groups in total. The van der Waals surface area contributed by atoms with Crippen molar-refractivity contribution in [3.05, 3.63) is 83.9 Å². The number of benzene rings is 2. The van der Waals surface area contributed by atoms with Gasteiger partial charge in [0.1, 0.15) is 36.0 Å². The van der Waals surface area contributed by atoms with Crippen molar-refractivity contribution in [2.75, 3.05) is 12.3 Å². The minimum Gasteiger partial charge on any atom is -0.508 e. The maximum Gasteiger partial charge on any atom is 0.326 e. The third-order valence-corrected chi connectivity index (χ3v) is 10.1. The molecule has 1 aromatic heterocycles. The first-order chi connectivity index (χ1) is 26.3. The standard InChI is InChI=1S/C38H50N8O8S/c1-3-22(2)32(45-34(49)28(42-33(48)27(39)20-55)16-24-11-13-26(47)14-12-24)36(51)43-29(18-25-19-40-21-41-25)37(52)46-15-7-10-31(46)35(50)44-30(38(53)54)17-23-8-5-4-6-9-23/h4-6,8-9,11-14,19,21-22,27-32,47,55H,3,7,10,15-18,20,39H2,1-2H3,(H,40,41)(H,42,48)(H,43,51)(H,44,50)(H,45,49)(H,53,54)/t22-,27-,28-,29-,30-,31-,32-/m0/s1. The lowest BCUT2D eigenvalue weighted by molar-refractivity contribution is -0.145. The Bertz CT molecular complexity index is 1760. The third-order valence-electron chi connectivity index (χ3n) is 9.67. The highest BCUT2D eigenvalue weighted by Gasteiger charge is 2.40. The number of aliphatic carboxylic acids is 1. The normalized spacial score (nSPS) is 17.2. The van der Waals surface area contributed by atoms with Gasteiger partial charge in [-0.3, -0.25) is 24.0 Å². The number of phenolic OH excluding ortho intramolecular Hbond substituents is 1. The van der Waals surface area contributed by atoms with Gasteiger partial charge in [0.05, 0.1) is 12.4 Å². The molecule has 1 fully saturated rings. The van der Waals surface area contributed by atoms with Crippen LogP contribution in [0.25, 0.3) is 0 Å². The molecule has 2 heterocycles. The summed E-state index contributed by atoms with van der Waals surface area (Å²) < 4.78 is 0. The Balaban J connectivity index is 1.54. The number of H-pyrrole nitrogens is 1. The van der Waals surface area contributed by atoms with Crippen LogP contribution in [-0.2, 0) is 48.0 Å². The predicted molar refractivity (Wildman–Crippen MR) is 206 cm³/mol. The number of imidazole rings is 1. The molecular formula is C38H50N8O8S. The fourth-order valence-electron chi connectivity index (χ4n) is 6.29. The summed E-state index contributed by atoms with van der Waals surface area (Å²) in [6.07, 6.45) is 4.18. The van der Waals surface area contributed by atoms with E-state index < -0.39 is 77.7 Å². The van der Waals surface area contributed by atoms with Crippen molar-refractivity contribution in [1.82, 2.24) is 36.1 Å². The molecule has 1 aliphatic heterocycles. The van der Waals surface area contributed by atoms with Crippen molar-refractivity contribution in [2.45, 2.75) is 88.6 Å². The van der Waals surface area contributed by atoms with Crippen molar-refractivity contribution in [1.29, 1.82) is 0 Å². The first kappa shape index (κ1) is 42.3. The van der Waals surface area contributed by atoms with Crippen molar-refractivity contribution >= 4 is 48.1 Å². The van der Waals surface area contributed by atoms with Crippen LogP contribution in [0.2, 0.25) is 0 Å². The monoisotopic (exact) mass is 778 g/mol. The summed E-state index contributed by atoms with van der Waals surface area (Å²) >= 11 is 4.08. The number of thiol groups is 1. The van der Waals surface area contributed by atoms with Gasteiger partial charge < -0.3 is 47.1 Å². The fraction of sp³-hybridized carbons (Fsp3) is 0.447. The Hall–Kier alpha value is -5.42. The van der Waals surface area contributed by atoms with E-state index in [4.69, 9.17) is 5.73 Å². The van der Waals surface area contributed by atoms with Gasteiger partial charge in [-0.1, -0.05) is 62.7 Å². The average molecular weight is 779 g/mol. The molecule has 2 aromatic carbocycles. The van der Waals surface area contributed by atoms with Crippen LogP contribution in [0, 0.1) is 5.92 Å². The molecule has 17 heteroatoms. The van der Waals surface area contributed by atoms with E-state index in [0.29, 0.717) is 24.1 Å². The zero-order valence-electron chi connectivity index (χ0n) is 30.8. The highest BCUT2D eigenvalue weighted by Crippen LogP contribution is 2.21. The molecule has 0 saturated carbocycles. The van der Waals surface area contributed by atoms with Crippen LogP contribution in [0.1, 0.15) is 49.9 Å². The van der Waals surface area contributed by atoms with Crippen LogP contribution >= 0.6 is 12.6 Å². The van der Waals surface area contributed by atoms with Gasteiger partial charge >= 0.3 is 5.97 Å². The summed E-state index contributed by atoms with van der Waals surface area (Å²) in [5.74, 6) is -4.76. The largest absolute Gasteiger partial charge is 0.508 e. The number of amides is 5. The van der Waals surface area contributed by atoms with E-state index in [0.717, 1.165) is 5.56 Å². The molecule has 1 aliphatic rings. The van der Waals surface area contributed by atoms with Crippen LogP contribution in [0.15, 0.2) is 67.1 Å². The molecule has 0 unspecified atom stereocenters. The first-order valence-electron chi connectivity index (χ1n) is 18.2. The number of hydrogen-bond acceptors (Lipinski definition) is 10. The summed E-state index contributed by atoms with van der Waals surface area (Å²) in [6.45, 7) is 3.79. The number of aromatic amines is 1. The molecule has 0 spiro atoms. The fourth-order valence-corrected chi connectivity index (χ4v) is 6.46. The Morgan fingerprint density at radius 3 is 2.16 bits per heavy atom.